The Morgan fingerprint density at radius 1 is 1.21 bits per heavy atom. The lowest BCUT2D eigenvalue weighted by atomic mass is 9.73. The average Bonchev–Trinajstić information content (AvgIpc) is 3.40. The predicted octanol–water partition coefficient (Wildman–Crippen LogP) is 2.59. The molecule has 2 aliphatic heterocycles. The SMILES string of the molecule is Cc1[nH]ncc1C(=O)N1CCC2(C(=O)Nc3ccccc32)C1c1cccnc1. The zero-order valence-electron chi connectivity index (χ0n) is 15.3. The molecule has 2 unspecified atom stereocenters. The minimum absolute atomic E-state index is 0.0678. The number of aromatic amines is 1. The van der Waals surface area contributed by atoms with Crippen molar-refractivity contribution in [3.05, 3.63) is 77.4 Å². The highest BCUT2D eigenvalue weighted by Gasteiger charge is 2.59. The minimum atomic E-state index is -0.826. The third-order valence-electron chi connectivity index (χ3n) is 5.91. The summed E-state index contributed by atoms with van der Waals surface area (Å²) in [6.45, 7) is 2.30. The summed E-state index contributed by atoms with van der Waals surface area (Å²) in [7, 11) is 0. The molecule has 7 nitrogen and oxygen atoms in total. The number of carbonyl (C=O) groups is 2. The lowest BCUT2D eigenvalue weighted by Crippen LogP contribution is -2.42. The Morgan fingerprint density at radius 2 is 2.07 bits per heavy atom. The first kappa shape index (κ1) is 16.7. The number of amides is 2. The van der Waals surface area contributed by atoms with E-state index in [1.165, 1.54) is 0 Å². The first-order valence-corrected chi connectivity index (χ1v) is 9.25. The minimum Gasteiger partial charge on any atom is -0.330 e. The van der Waals surface area contributed by atoms with Gasteiger partial charge in [-0.3, -0.25) is 19.7 Å². The van der Waals surface area contributed by atoms with E-state index in [9.17, 15) is 9.59 Å². The summed E-state index contributed by atoms with van der Waals surface area (Å²) >= 11 is 0. The number of aryl methyl sites for hydroxylation is 1. The largest absolute Gasteiger partial charge is 0.330 e. The van der Waals surface area contributed by atoms with E-state index >= 15 is 0 Å². The normalized spacial score (nSPS) is 23.1. The molecule has 1 saturated heterocycles. The zero-order chi connectivity index (χ0) is 19.3. The van der Waals surface area contributed by atoms with Crippen molar-refractivity contribution in [1.82, 2.24) is 20.1 Å². The summed E-state index contributed by atoms with van der Waals surface area (Å²) in [5.74, 6) is -0.198. The summed E-state index contributed by atoms with van der Waals surface area (Å²) in [5, 5.41) is 9.83. The second-order valence-electron chi connectivity index (χ2n) is 7.32. The summed E-state index contributed by atoms with van der Waals surface area (Å²) in [5.41, 5.74) is 3.02. The monoisotopic (exact) mass is 373 g/mol. The molecule has 0 bridgehead atoms. The summed E-state index contributed by atoms with van der Waals surface area (Å²) in [6.07, 6.45) is 5.54. The molecular weight excluding hydrogens is 354 g/mol. The Kier molecular flexibility index (Phi) is 3.58. The molecule has 4 heterocycles. The van der Waals surface area contributed by atoms with Crippen LogP contribution in [0.25, 0.3) is 0 Å². The van der Waals surface area contributed by atoms with E-state index in [-0.39, 0.29) is 11.8 Å². The van der Waals surface area contributed by atoms with Crippen molar-refractivity contribution in [2.45, 2.75) is 24.8 Å². The standard InChI is InChI=1S/C21H19N5O2/c1-13-15(12-23-25-13)19(27)26-10-8-21(18(26)14-5-4-9-22-11-14)16-6-2-3-7-17(16)24-20(21)28/h2-7,9,11-12,18H,8,10H2,1H3,(H,23,25)(H,24,28). The van der Waals surface area contributed by atoms with Crippen LogP contribution in [0.5, 0.6) is 0 Å². The molecule has 1 aromatic carbocycles. The number of nitrogens with zero attached hydrogens (tertiary/aromatic N) is 3. The molecule has 1 fully saturated rings. The van der Waals surface area contributed by atoms with E-state index in [1.807, 2.05) is 43.3 Å². The van der Waals surface area contributed by atoms with Gasteiger partial charge in [0.15, 0.2) is 0 Å². The van der Waals surface area contributed by atoms with Crippen molar-refractivity contribution in [2.75, 3.05) is 11.9 Å². The maximum atomic E-state index is 13.4. The van der Waals surface area contributed by atoms with Crippen LogP contribution < -0.4 is 5.32 Å². The molecule has 1 spiro atoms. The number of hydrogen-bond acceptors (Lipinski definition) is 4. The number of carbonyl (C=O) groups excluding carboxylic acids is 2. The van der Waals surface area contributed by atoms with Gasteiger partial charge in [-0.25, -0.2) is 0 Å². The molecule has 7 heteroatoms. The number of aromatic nitrogens is 3. The number of anilines is 1. The zero-order valence-corrected chi connectivity index (χ0v) is 15.3. The van der Waals surface area contributed by atoms with Gasteiger partial charge in [-0.2, -0.15) is 5.10 Å². The van der Waals surface area contributed by atoms with Crippen LogP contribution in [0.3, 0.4) is 0 Å². The van der Waals surface area contributed by atoms with Crippen molar-refractivity contribution in [1.29, 1.82) is 0 Å². The topological polar surface area (TPSA) is 91.0 Å². The Bertz CT molecular complexity index is 1080. The number of hydrogen-bond donors (Lipinski definition) is 2. The number of likely N-dealkylation sites (tertiary alicyclic amines) is 1. The van der Waals surface area contributed by atoms with Gasteiger partial charge in [0.25, 0.3) is 5.91 Å². The number of pyridine rings is 1. The molecule has 28 heavy (non-hydrogen) atoms. The van der Waals surface area contributed by atoms with E-state index in [1.54, 1.807) is 23.5 Å². The highest BCUT2D eigenvalue weighted by atomic mass is 16.2. The third kappa shape index (κ3) is 2.16. The van der Waals surface area contributed by atoms with Gasteiger partial charge in [-0.05, 0) is 36.6 Å². The van der Waals surface area contributed by atoms with Crippen LogP contribution in [0.4, 0.5) is 5.69 Å². The number of nitrogens with one attached hydrogen (secondary N) is 2. The van der Waals surface area contributed by atoms with Gasteiger partial charge in [0.1, 0.15) is 5.41 Å². The van der Waals surface area contributed by atoms with Gasteiger partial charge in [0.05, 0.1) is 17.8 Å². The van der Waals surface area contributed by atoms with Crippen LogP contribution in [-0.2, 0) is 10.2 Å². The lowest BCUT2D eigenvalue weighted by Gasteiger charge is -2.34. The molecule has 2 aliphatic rings. The summed E-state index contributed by atoms with van der Waals surface area (Å²) < 4.78 is 0. The first-order valence-electron chi connectivity index (χ1n) is 9.25. The molecule has 0 aliphatic carbocycles. The van der Waals surface area contributed by atoms with Gasteiger partial charge in [0.2, 0.25) is 5.91 Å². The highest BCUT2D eigenvalue weighted by molar-refractivity contribution is 6.08. The molecule has 140 valence electrons. The smallest absolute Gasteiger partial charge is 0.257 e. The van der Waals surface area contributed by atoms with Gasteiger partial charge in [0, 0.05) is 30.3 Å². The van der Waals surface area contributed by atoms with E-state index in [2.05, 4.69) is 20.5 Å². The van der Waals surface area contributed by atoms with Gasteiger partial charge in [-0.15, -0.1) is 0 Å². The number of benzene rings is 1. The van der Waals surface area contributed by atoms with Crippen LogP contribution in [0.1, 0.15) is 39.6 Å². The van der Waals surface area contributed by atoms with Crippen LogP contribution in [0.2, 0.25) is 0 Å². The second-order valence-corrected chi connectivity index (χ2v) is 7.32. The highest BCUT2D eigenvalue weighted by Crippen LogP contribution is 2.54. The molecule has 3 aromatic rings. The molecular formula is C21H19N5O2. The van der Waals surface area contributed by atoms with Crippen LogP contribution >= 0.6 is 0 Å². The maximum absolute atomic E-state index is 13.4. The van der Waals surface area contributed by atoms with Crippen molar-refractivity contribution < 1.29 is 9.59 Å². The number of rotatable bonds is 2. The quantitative estimate of drug-likeness (QED) is 0.722. The fourth-order valence-corrected chi connectivity index (χ4v) is 4.63. The number of para-hydroxylation sites is 1. The maximum Gasteiger partial charge on any atom is 0.257 e. The predicted molar refractivity (Wildman–Crippen MR) is 103 cm³/mol. The van der Waals surface area contributed by atoms with Crippen molar-refractivity contribution >= 4 is 17.5 Å². The average molecular weight is 373 g/mol. The second kappa shape index (κ2) is 6.02. The van der Waals surface area contributed by atoms with E-state index in [4.69, 9.17) is 0 Å². The van der Waals surface area contributed by atoms with E-state index in [0.717, 1.165) is 16.8 Å². The summed E-state index contributed by atoms with van der Waals surface area (Å²) in [4.78, 5) is 32.7. The Labute approximate surface area is 161 Å². The van der Waals surface area contributed by atoms with Crippen LogP contribution in [-0.4, -0.2) is 38.4 Å². The van der Waals surface area contributed by atoms with Crippen molar-refractivity contribution in [3.63, 3.8) is 0 Å². The van der Waals surface area contributed by atoms with Crippen LogP contribution in [0.15, 0.2) is 55.0 Å². The first-order chi connectivity index (χ1) is 13.6. The van der Waals surface area contributed by atoms with Gasteiger partial charge < -0.3 is 10.2 Å². The molecule has 2 amide bonds. The molecule has 2 N–H and O–H groups in total. The van der Waals surface area contributed by atoms with Gasteiger partial charge >= 0.3 is 0 Å². The van der Waals surface area contributed by atoms with Crippen molar-refractivity contribution in [2.24, 2.45) is 0 Å². The van der Waals surface area contributed by atoms with Crippen molar-refractivity contribution in [3.8, 4) is 0 Å². The van der Waals surface area contributed by atoms with Gasteiger partial charge in [-0.1, -0.05) is 24.3 Å². The number of H-pyrrole nitrogens is 1. The Balaban J connectivity index is 1.69. The number of fused-ring (bicyclic) bond motifs is 2. The summed E-state index contributed by atoms with van der Waals surface area (Å²) in [6, 6.07) is 11.1. The molecule has 5 rings (SSSR count). The van der Waals surface area contributed by atoms with E-state index in [0.29, 0.717) is 24.2 Å². The molecule has 0 saturated carbocycles. The Hall–Kier alpha value is -3.48. The van der Waals surface area contributed by atoms with E-state index < -0.39 is 11.5 Å². The third-order valence-corrected chi connectivity index (χ3v) is 5.91. The molecule has 2 atom stereocenters. The molecule has 2 aromatic heterocycles. The lowest BCUT2D eigenvalue weighted by molar-refractivity contribution is -0.121. The fourth-order valence-electron chi connectivity index (χ4n) is 4.63. The Morgan fingerprint density at radius 3 is 2.82 bits per heavy atom. The molecule has 0 radical (unpaired) electrons. The van der Waals surface area contributed by atoms with Crippen LogP contribution in [0, 0.1) is 6.92 Å². The fraction of sp³-hybridized carbons (Fsp3) is 0.238.